The highest BCUT2D eigenvalue weighted by molar-refractivity contribution is 7.16. The molecule has 2 aromatic rings. The van der Waals surface area contributed by atoms with Crippen molar-refractivity contribution in [3.8, 4) is 0 Å². The first kappa shape index (κ1) is 14.4. The van der Waals surface area contributed by atoms with E-state index in [9.17, 15) is 4.39 Å². The lowest BCUT2D eigenvalue weighted by Gasteiger charge is -2.17. The van der Waals surface area contributed by atoms with E-state index in [1.807, 2.05) is 12.1 Å². The molecule has 0 aromatic carbocycles. The molecule has 1 atom stereocenters. The Kier molecular flexibility index (Phi) is 5.31. The molecule has 102 valence electrons. The Hall–Kier alpha value is -0.970. The Morgan fingerprint density at radius 2 is 2.26 bits per heavy atom. The van der Waals surface area contributed by atoms with Gasteiger partial charge in [0.1, 0.15) is 5.82 Å². The standard InChI is InChI=1S/C14H16ClFN2S/c1-2-7-17-12(9-10-5-6-13(15)19-10)14-11(16)4-3-8-18-14/h3-6,8,12,17H,2,7,9H2,1H3. The minimum absolute atomic E-state index is 0.115. The lowest BCUT2D eigenvalue weighted by molar-refractivity contribution is 0.485. The molecule has 19 heavy (non-hydrogen) atoms. The van der Waals surface area contributed by atoms with Crippen LogP contribution in [-0.2, 0) is 6.42 Å². The van der Waals surface area contributed by atoms with Crippen LogP contribution in [0, 0.1) is 5.82 Å². The van der Waals surface area contributed by atoms with E-state index in [0.29, 0.717) is 12.1 Å². The van der Waals surface area contributed by atoms with E-state index < -0.39 is 0 Å². The Bertz CT molecular complexity index is 530. The van der Waals surface area contributed by atoms with Crippen LogP contribution < -0.4 is 5.32 Å². The second kappa shape index (κ2) is 6.98. The molecule has 0 fully saturated rings. The molecule has 1 N–H and O–H groups in total. The van der Waals surface area contributed by atoms with E-state index >= 15 is 0 Å². The zero-order valence-corrected chi connectivity index (χ0v) is 12.3. The molecule has 0 bridgehead atoms. The van der Waals surface area contributed by atoms with E-state index in [-0.39, 0.29) is 11.9 Å². The maximum Gasteiger partial charge on any atom is 0.146 e. The summed E-state index contributed by atoms with van der Waals surface area (Å²) in [6.45, 7) is 2.92. The van der Waals surface area contributed by atoms with Gasteiger partial charge in [0, 0.05) is 17.5 Å². The number of halogens is 2. The van der Waals surface area contributed by atoms with Gasteiger partial charge in [0.15, 0.2) is 0 Å². The van der Waals surface area contributed by atoms with Crippen LogP contribution in [0.4, 0.5) is 4.39 Å². The van der Waals surface area contributed by atoms with Gasteiger partial charge in [-0.2, -0.15) is 0 Å². The fourth-order valence-electron chi connectivity index (χ4n) is 1.90. The van der Waals surface area contributed by atoms with Crippen LogP contribution in [0.15, 0.2) is 30.5 Å². The Morgan fingerprint density at radius 3 is 2.89 bits per heavy atom. The largest absolute Gasteiger partial charge is 0.308 e. The molecular weight excluding hydrogens is 283 g/mol. The lowest BCUT2D eigenvalue weighted by Crippen LogP contribution is -2.25. The number of nitrogens with zero attached hydrogens (tertiary/aromatic N) is 1. The maximum absolute atomic E-state index is 13.8. The molecule has 2 aromatic heterocycles. The highest BCUT2D eigenvalue weighted by atomic mass is 35.5. The van der Waals surface area contributed by atoms with Crippen LogP contribution in [-0.4, -0.2) is 11.5 Å². The summed E-state index contributed by atoms with van der Waals surface area (Å²) in [5, 5.41) is 3.35. The Balaban J connectivity index is 2.18. The third kappa shape index (κ3) is 4.00. The van der Waals surface area contributed by atoms with E-state index in [4.69, 9.17) is 11.6 Å². The Labute approximate surface area is 121 Å². The quantitative estimate of drug-likeness (QED) is 0.864. The van der Waals surface area contributed by atoms with Crippen molar-refractivity contribution in [2.24, 2.45) is 0 Å². The van der Waals surface area contributed by atoms with Crippen molar-refractivity contribution in [3.63, 3.8) is 0 Å². The number of nitrogens with one attached hydrogen (secondary N) is 1. The zero-order valence-electron chi connectivity index (χ0n) is 10.7. The van der Waals surface area contributed by atoms with Gasteiger partial charge in [-0.3, -0.25) is 4.98 Å². The summed E-state index contributed by atoms with van der Waals surface area (Å²) in [4.78, 5) is 5.30. The molecular formula is C14H16ClFN2S. The van der Waals surface area contributed by atoms with Gasteiger partial charge < -0.3 is 5.32 Å². The third-order valence-electron chi connectivity index (χ3n) is 2.79. The van der Waals surface area contributed by atoms with Crippen LogP contribution in [0.3, 0.4) is 0 Å². The molecule has 2 nitrogen and oxygen atoms in total. The van der Waals surface area contributed by atoms with Gasteiger partial charge in [0.25, 0.3) is 0 Å². The maximum atomic E-state index is 13.8. The average Bonchev–Trinajstić information content (AvgIpc) is 2.81. The first-order chi connectivity index (χ1) is 9.20. The van der Waals surface area contributed by atoms with Crippen LogP contribution >= 0.6 is 22.9 Å². The van der Waals surface area contributed by atoms with Crippen molar-refractivity contribution in [2.75, 3.05) is 6.54 Å². The second-order valence-electron chi connectivity index (χ2n) is 4.29. The number of thiophene rings is 1. The third-order valence-corrected chi connectivity index (χ3v) is 4.05. The molecule has 2 heterocycles. The lowest BCUT2D eigenvalue weighted by atomic mass is 10.1. The molecule has 0 aliphatic heterocycles. The smallest absolute Gasteiger partial charge is 0.146 e. The molecule has 0 saturated carbocycles. The number of rotatable bonds is 6. The van der Waals surface area contributed by atoms with Gasteiger partial charge in [-0.25, -0.2) is 4.39 Å². The summed E-state index contributed by atoms with van der Waals surface area (Å²) in [5.41, 5.74) is 0.473. The second-order valence-corrected chi connectivity index (χ2v) is 6.09. The number of pyridine rings is 1. The number of hydrogen-bond donors (Lipinski definition) is 1. The van der Waals surface area contributed by atoms with E-state index in [0.717, 1.165) is 22.2 Å². The summed E-state index contributed by atoms with van der Waals surface area (Å²) in [6, 6.07) is 6.79. The number of aromatic nitrogens is 1. The highest BCUT2D eigenvalue weighted by Crippen LogP contribution is 2.26. The van der Waals surface area contributed by atoms with Crippen molar-refractivity contribution in [2.45, 2.75) is 25.8 Å². The van der Waals surface area contributed by atoms with Crippen molar-refractivity contribution < 1.29 is 4.39 Å². The highest BCUT2D eigenvalue weighted by Gasteiger charge is 2.17. The van der Waals surface area contributed by atoms with Crippen molar-refractivity contribution in [1.82, 2.24) is 10.3 Å². The molecule has 0 spiro atoms. The van der Waals surface area contributed by atoms with Crippen LogP contribution in [0.5, 0.6) is 0 Å². The predicted molar refractivity (Wildman–Crippen MR) is 78.3 cm³/mol. The predicted octanol–water partition coefficient (Wildman–Crippen LogP) is 4.22. The van der Waals surface area contributed by atoms with Gasteiger partial charge in [0.05, 0.1) is 16.1 Å². The molecule has 2 rings (SSSR count). The molecule has 0 saturated heterocycles. The first-order valence-electron chi connectivity index (χ1n) is 6.28. The molecule has 0 amide bonds. The first-order valence-corrected chi connectivity index (χ1v) is 7.48. The Morgan fingerprint density at radius 1 is 1.42 bits per heavy atom. The normalized spacial score (nSPS) is 12.6. The summed E-state index contributed by atoms with van der Waals surface area (Å²) < 4.78 is 14.6. The molecule has 0 aliphatic carbocycles. The van der Waals surface area contributed by atoms with Crippen LogP contribution in [0.2, 0.25) is 4.34 Å². The average molecular weight is 299 g/mol. The van der Waals surface area contributed by atoms with E-state index in [1.165, 1.54) is 17.4 Å². The summed E-state index contributed by atoms with van der Waals surface area (Å²) in [5.74, 6) is -0.265. The fourth-order valence-corrected chi connectivity index (χ4v) is 3.03. The SMILES string of the molecule is CCCNC(Cc1ccc(Cl)s1)c1ncccc1F. The zero-order chi connectivity index (χ0) is 13.7. The van der Waals surface area contributed by atoms with Gasteiger partial charge in [-0.05, 0) is 37.2 Å². The van der Waals surface area contributed by atoms with Crippen molar-refractivity contribution in [3.05, 3.63) is 51.2 Å². The molecule has 1 unspecified atom stereocenters. The molecule has 5 heteroatoms. The minimum Gasteiger partial charge on any atom is -0.308 e. The van der Waals surface area contributed by atoms with Gasteiger partial charge in [-0.15, -0.1) is 11.3 Å². The van der Waals surface area contributed by atoms with Crippen molar-refractivity contribution in [1.29, 1.82) is 0 Å². The monoisotopic (exact) mass is 298 g/mol. The topological polar surface area (TPSA) is 24.9 Å². The summed E-state index contributed by atoms with van der Waals surface area (Å²) >= 11 is 7.46. The van der Waals surface area contributed by atoms with E-state index in [1.54, 1.807) is 12.3 Å². The van der Waals surface area contributed by atoms with Crippen molar-refractivity contribution >= 4 is 22.9 Å². The van der Waals surface area contributed by atoms with Gasteiger partial charge in [-0.1, -0.05) is 18.5 Å². The fraction of sp³-hybridized carbons (Fsp3) is 0.357. The van der Waals surface area contributed by atoms with Crippen LogP contribution in [0.1, 0.15) is 30.0 Å². The van der Waals surface area contributed by atoms with Gasteiger partial charge >= 0.3 is 0 Å². The molecule has 0 radical (unpaired) electrons. The van der Waals surface area contributed by atoms with E-state index in [2.05, 4.69) is 17.2 Å². The van der Waals surface area contributed by atoms with Crippen LogP contribution in [0.25, 0.3) is 0 Å². The van der Waals surface area contributed by atoms with Gasteiger partial charge in [0.2, 0.25) is 0 Å². The number of hydrogen-bond acceptors (Lipinski definition) is 3. The summed E-state index contributed by atoms with van der Waals surface area (Å²) in [7, 11) is 0. The minimum atomic E-state index is -0.265. The summed E-state index contributed by atoms with van der Waals surface area (Å²) in [6.07, 6.45) is 3.32. The molecule has 0 aliphatic rings.